The van der Waals surface area contributed by atoms with Gasteiger partial charge in [0.2, 0.25) is 0 Å². The summed E-state index contributed by atoms with van der Waals surface area (Å²) >= 11 is 0. The Balaban J connectivity index is 2.24. The molecule has 0 N–H and O–H groups in total. The van der Waals surface area contributed by atoms with Crippen LogP contribution in [0.5, 0.6) is 0 Å². The van der Waals surface area contributed by atoms with Crippen LogP contribution in [0.3, 0.4) is 0 Å². The van der Waals surface area contributed by atoms with Crippen molar-refractivity contribution in [2.45, 2.75) is 12.1 Å². The van der Waals surface area contributed by atoms with Gasteiger partial charge in [-0.25, -0.2) is 0 Å². The molecule has 4 nitrogen and oxygen atoms in total. The highest BCUT2D eigenvalue weighted by molar-refractivity contribution is 5.21. The van der Waals surface area contributed by atoms with Crippen LogP contribution >= 0.6 is 0 Å². The summed E-state index contributed by atoms with van der Waals surface area (Å²) in [6.07, 6.45) is 0.0818. The van der Waals surface area contributed by atoms with Gasteiger partial charge in [0.15, 0.2) is 0 Å². The van der Waals surface area contributed by atoms with Gasteiger partial charge in [0, 0.05) is 4.91 Å². The van der Waals surface area contributed by atoms with Crippen molar-refractivity contribution in [3.05, 3.63) is 46.3 Å². The molecule has 0 spiro atoms. The third-order valence-corrected chi connectivity index (χ3v) is 2.03. The zero-order chi connectivity index (χ0) is 9.10. The van der Waals surface area contributed by atoms with Crippen LogP contribution in [0.2, 0.25) is 0 Å². The largest absolute Gasteiger partial charge is 0.372 e. The molecular formula is C9H9N3O. The molecule has 0 radical (unpaired) electrons. The van der Waals surface area contributed by atoms with Crippen molar-refractivity contribution in [1.29, 1.82) is 0 Å². The van der Waals surface area contributed by atoms with E-state index >= 15 is 0 Å². The van der Waals surface area contributed by atoms with Crippen molar-refractivity contribution in [3.8, 4) is 0 Å². The Hall–Kier alpha value is -1.51. The number of epoxide rings is 1. The molecule has 1 saturated heterocycles. The van der Waals surface area contributed by atoms with Gasteiger partial charge in [0.05, 0.1) is 18.8 Å². The van der Waals surface area contributed by atoms with Crippen LogP contribution in [-0.4, -0.2) is 12.7 Å². The number of ether oxygens (including phenoxy) is 1. The van der Waals surface area contributed by atoms with E-state index in [4.69, 9.17) is 10.3 Å². The topological polar surface area (TPSA) is 61.3 Å². The van der Waals surface area contributed by atoms with E-state index in [1.807, 2.05) is 30.3 Å². The molecule has 0 aliphatic carbocycles. The molecular weight excluding hydrogens is 166 g/mol. The summed E-state index contributed by atoms with van der Waals surface area (Å²) in [5, 5.41) is 3.71. The van der Waals surface area contributed by atoms with Crippen LogP contribution in [0.25, 0.3) is 10.4 Å². The van der Waals surface area contributed by atoms with Gasteiger partial charge in [-0.15, -0.1) is 0 Å². The lowest BCUT2D eigenvalue weighted by atomic mass is 10.1. The summed E-state index contributed by atoms with van der Waals surface area (Å²) in [5.41, 5.74) is 9.39. The van der Waals surface area contributed by atoms with Gasteiger partial charge in [-0.2, -0.15) is 0 Å². The summed E-state index contributed by atoms with van der Waals surface area (Å²) < 4.78 is 5.11. The molecule has 66 valence electrons. The molecule has 1 aliphatic rings. The average Bonchev–Trinajstić information content (AvgIpc) is 2.99. The third kappa shape index (κ3) is 1.80. The number of rotatable bonds is 3. The van der Waals surface area contributed by atoms with Crippen molar-refractivity contribution < 1.29 is 4.74 Å². The monoisotopic (exact) mass is 175 g/mol. The van der Waals surface area contributed by atoms with Crippen LogP contribution in [0, 0.1) is 0 Å². The zero-order valence-electron chi connectivity index (χ0n) is 7.00. The van der Waals surface area contributed by atoms with Gasteiger partial charge < -0.3 is 4.74 Å². The Morgan fingerprint density at radius 1 is 1.46 bits per heavy atom. The first kappa shape index (κ1) is 8.10. The molecule has 1 aromatic carbocycles. The maximum absolute atomic E-state index is 8.38. The minimum atomic E-state index is -0.161. The van der Waals surface area contributed by atoms with Crippen LogP contribution in [0.15, 0.2) is 35.4 Å². The van der Waals surface area contributed by atoms with Crippen LogP contribution < -0.4 is 0 Å². The van der Waals surface area contributed by atoms with Crippen molar-refractivity contribution in [1.82, 2.24) is 0 Å². The van der Waals surface area contributed by atoms with Gasteiger partial charge >= 0.3 is 0 Å². The van der Waals surface area contributed by atoms with E-state index < -0.39 is 0 Å². The number of hydrogen-bond acceptors (Lipinski definition) is 2. The molecule has 1 aliphatic heterocycles. The van der Waals surface area contributed by atoms with E-state index in [0.29, 0.717) is 6.61 Å². The van der Waals surface area contributed by atoms with Gasteiger partial charge in [0.1, 0.15) is 0 Å². The van der Waals surface area contributed by atoms with Gasteiger partial charge in [-0.05, 0) is 11.1 Å². The first-order valence-electron chi connectivity index (χ1n) is 4.12. The van der Waals surface area contributed by atoms with Crippen LogP contribution in [-0.2, 0) is 4.74 Å². The summed E-state index contributed by atoms with van der Waals surface area (Å²) in [4.78, 5) is 2.82. The Kier molecular flexibility index (Phi) is 2.17. The molecule has 0 saturated carbocycles. The van der Waals surface area contributed by atoms with E-state index in [-0.39, 0.29) is 12.1 Å². The van der Waals surface area contributed by atoms with Crippen LogP contribution in [0.4, 0.5) is 0 Å². The standard InChI is InChI=1S/C9H9N3O/c10-12-11-9(8-6-13-8)7-4-2-1-3-5-7/h1-5,8-9H,6H2/t8-,9+/m1/s1. The Morgan fingerprint density at radius 3 is 2.69 bits per heavy atom. The fourth-order valence-corrected chi connectivity index (χ4v) is 1.30. The summed E-state index contributed by atoms with van der Waals surface area (Å²) in [6.45, 7) is 0.693. The molecule has 0 unspecified atom stereocenters. The third-order valence-electron chi connectivity index (χ3n) is 2.03. The lowest BCUT2D eigenvalue weighted by Gasteiger charge is -2.06. The van der Waals surface area contributed by atoms with E-state index in [1.165, 1.54) is 0 Å². The molecule has 1 fully saturated rings. The molecule has 1 heterocycles. The predicted octanol–water partition coefficient (Wildman–Crippen LogP) is 2.44. The predicted molar refractivity (Wildman–Crippen MR) is 48.1 cm³/mol. The average molecular weight is 175 g/mol. The van der Waals surface area contributed by atoms with Crippen molar-refractivity contribution >= 4 is 0 Å². The van der Waals surface area contributed by atoms with Crippen LogP contribution in [0.1, 0.15) is 11.6 Å². The fourth-order valence-electron chi connectivity index (χ4n) is 1.30. The molecule has 13 heavy (non-hydrogen) atoms. The Bertz CT molecular complexity index is 328. The second-order valence-electron chi connectivity index (χ2n) is 2.93. The number of hydrogen-bond donors (Lipinski definition) is 0. The zero-order valence-corrected chi connectivity index (χ0v) is 7.00. The smallest absolute Gasteiger partial charge is 0.0935 e. The maximum atomic E-state index is 8.38. The quantitative estimate of drug-likeness (QED) is 0.301. The summed E-state index contributed by atoms with van der Waals surface area (Å²) in [5.74, 6) is 0. The molecule has 1 aromatic rings. The minimum Gasteiger partial charge on any atom is -0.372 e. The molecule has 0 amide bonds. The van der Waals surface area contributed by atoms with E-state index in [2.05, 4.69) is 10.0 Å². The lowest BCUT2D eigenvalue weighted by Crippen LogP contribution is -2.01. The normalized spacial score (nSPS) is 21.7. The van der Waals surface area contributed by atoms with Crippen molar-refractivity contribution in [3.63, 3.8) is 0 Å². The number of azide groups is 1. The van der Waals surface area contributed by atoms with Crippen molar-refractivity contribution in [2.24, 2.45) is 5.11 Å². The molecule has 0 bridgehead atoms. The van der Waals surface area contributed by atoms with Gasteiger partial charge in [-0.1, -0.05) is 35.4 Å². The highest BCUT2D eigenvalue weighted by atomic mass is 16.6. The Morgan fingerprint density at radius 2 is 2.15 bits per heavy atom. The number of benzene rings is 1. The highest BCUT2D eigenvalue weighted by Gasteiger charge is 2.32. The summed E-state index contributed by atoms with van der Waals surface area (Å²) in [6, 6.07) is 9.52. The fraction of sp³-hybridized carbons (Fsp3) is 0.333. The second-order valence-corrected chi connectivity index (χ2v) is 2.93. The lowest BCUT2D eigenvalue weighted by molar-refractivity contribution is 0.376. The highest BCUT2D eigenvalue weighted by Crippen LogP contribution is 2.30. The van der Waals surface area contributed by atoms with Gasteiger partial charge in [0.25, 0.3) is 0 Å². The Labute approximate surface area is 75.8 Å². The first-order chi connectivity index (χ1) is 6.42. The number of nitrogens with zero attached hydrogens (tertiary/aromatic N) is 3. The first-order valence-corrected chi connectivity index (χ1v) is 4.12. The van der Waals surface area contributed by atoms with E-state index in [0.717, 1.165) is 5.56 Å². The SMILES string of the molecule is [N-]=[N+]=N[C@@H](c1ccccc1)[C@H]1CO1. The maximum Gasteiger partial charge on any atom is 0.0935 e. The molecule has 0 aromatic heterocycles. The summed E-state index contributed by atoms with van der Waals surface area (Å²) in [7, 11) is 0. The van der Waals surface area contributed by atoms with Gasteiger partial charge in [-0.3, -0.25) is 0 Å². The van der Waals surface area contributed by atoms with E-state index in [9.17, 15) is 0 Å². The minimum absolute atomic E-state index is 0.0818. The molecule has 2 atom stereocenters. The molecule has 2 rings (SSSR count). The molecule has 4 heteroatoms. The second kappa shape index (κ2) is 3.47. The van der Waals surface area contributed by atoms with E-state index in [1.54, 1.807) is 0 Å². The van der Waals surface area contributed by atoms with Crippen molar-refractivity contribution in [2.75, 3.05) is 6.61 Å².